The molecule has 496 valence electrons. The minimum atomic E-state index is -3.89. The Bertz CT molecular complexity index is 4480. The van der Waals surface area contributed by atoms with Crippen molar-refractivity contribution in [3.05, 3.63) is 239 Å². The first-order valence-corrected chi connectivity index (χ1v) is 34.0. The minimum Gasteiger partial charge on any atom is -0.380 e. The predicted molar refractivity (Wildman–Crippen MR) is 350 cm³/mol. The average Bonchev–Trinajstić information content (AvgIpc) is 1.55. The number of fused-ring (bicyclic) bond motifs is 2. The van der Waals surface area contributed by atoms with Crippen LogP contribution in [0.25, 0.3) is 11.3 Å². The largest absolute Gasteiger partial charge is 0.380 e. The molecule has 12 rings (SSSR count). The van der Waals surface area contributed by atoms with Crippen molar-refractivity contribution < 1.29 is 61.2 Å². The Kier molecular flexibility index (Phi) is 21.1. The summed E-state index contributed by atoms with van der Waals surface area (Å²) in [7, 11) is -7.76. The van der Waals surface area contributed by atoms with Gasteiger partial charge < -0.3 is 54.5 Å². The lowest BCUT2D eigenvalue weighted by atomic mass is 9.79. The Labute approximate surface area is 552 Å². The highest BCUT2D eigenvalue weighted by Gasteiger charge is 2.69. The topological polar surface area (TPSA) is 324 Å². The lowest BCUT2D eigenvalue weighted by Gasteiger charge is -2.39. The number of aromatic nitrogens is 8. The zero-order valence-electron chi connectivity index (χ0n) is 54.0. The minimum absolute atomic E-state index is 0.0177. The first kappa shape index (κ1) is 67.5. The third-order valence-corrected chi connectivity index (χ3v) is 17.8. The van der Waals surface area contributed by atoms with Crippen LogP contribution in [0.2, 0.25) is 0 Å². The fourth-order valence-corrected chi connectivity index (χ4v) is 12.3. The number of imidazole rings is 2. The van der Waals surface area contributed by atoms with Crippen molar-refractivity contribution >= 4 is 42.6 Å². The van der Waals surface area contributed by atoms with Crippen LogP contribution in [-0.4, -0.2) is 122 Å². The van der Waals surface area contributed by atoms with Crippen molar-refractivity contribution in [1.29, 1.82) is 5.26 Å². The van der Waals surface area contributed by atoms with Gasteiger partial charge in [-0.25, -0.2) is 35.8 Å². The number of hydrogen-bond acceptors (Lipinski definition) is 22. The molecule has 24 nitrogen and oxygen atoms in total. The summed E-state index contributed by atoms with van der Waals surface area (Å²) in [4.78, 5) is 16.5. The van der Waals surface area contributed by atoms with E-state index in [9.17, 15) is 27.2 Å². The molecule has 26 heteroatoms. The Morgan fingerprint density at radius 2 is 0.863 bits per heavy atom. The maximum atomic E-state index is 12.7. The van der Waals surface area contributed by atoms with E-state index >= 15 is 0 Å². The van der Waals surface area contributed by atoms with Crippen LogP contribution in [0.15, 0.2) is 205 Å². The van der Waals surface area contributed by atoms with Gasteiger partial charge in [-0.05, 0) is 47.2 Å². The van der Waals surface area contributed by atoms with Gasteiger partial charge in [0.05, 0.1) is 65.2 Å². The van der Waals surface area contributed by atoms with Crippen molar-refractivity contribution in [2.75, 3.05) is 37.2 Å². The summed E-state index contributed by atoms with van der Waals surface area (Å²) in [6.07, 6.45) is 1.21. The Morgan fingerprint density at radius 3 is 1.24 bits per heavy atom. The van der Waals surface area contributed by atoms with Crippen molar-refractivity contribution in [3.8, 4) is 6.07 Å². The first-order valence-electron chi connectivity index (χ1n) is 31.0. The molecule has 10 aromatic rings. The fourth-order valence-electron chi connectivity index (χ4n) is 11.3. The zero-order valence-corrected chi connectivity index (χ0v) is 54.6. The van der Waals surface area contributed by atoms with E-state index in [4.69, 9.17) is 50.7 Å². The number of benzene rings is 6. The molecule has 0 spiro atoms. The van der Waals surface area contributed by atoms with E-state index in [0.29, 0.717) is 20.1 Å². The second-order valence-corrected chi connectivity index (χ2v) is 26.6. The third kappa shape index (κ3) is 15.0. The molecule has 0 amide bonds. The van der Waals surface area contributed by atoms with Gasteiger partial charge in [0, 0.05) is 13.9 Å². The van der Waals surface area contributed by atoms with Gasteiger partial charge in [-0.15, -0.1) is 10.2 Å². The summed E-state index contributed by atoms with van der Waals surface area (Å²) < 4.78 is 110. The number of nitrogens with zero attached hydrogens (tertiary/aromatic N) is 9. The number of nitrogen functional groups attached to an aromatic ring is 2. The highest BCUT2D eigenvalue weighted by atomic mass is 32.2. The molecule has 8 atom stereocenters. The molecule has 0 aliphatic carbocycles. The van der Waals surface area contributed by atoms with Gasteiger partial charge in [-0.1, -0.05) is 196 Å². The van der Waals surface area contributed by atoms with E-state index in [0.717, 1.165) is 50.4 Å². The highest BCUT2D eigenvalue weighted by Crippen LogP contribution is 2.52. The van der Waals surface area contributed by atoms with Gasteiger partial charge >= 0.3 is 0 Å². The number of sulfone groups is 2. The van der Waals surface area contributed by atoms with Gasteiger partial charge in [0.2, 0.25) is 31.1 Å². The monoisotopic (exact) mass is 1330 g/mol. The number of nitrogens with two attached hydrogens (primary N) is 2. The molecule has 2 fully saturated rings. The number of aliphatic hydroxyl groups is 1. The molecule has 0 saturated carbocycles. The van der Waals surface area contributed by atoms with Gasteiger partial charge in [-0.2, -0.15) is 15.2 Å². The maximum absolute atomic E-state index is 12.7. The summed E-state index contributed by atoms with van der Waals surface area (Å²) in [5, 5.41) is 31.2. The van der Waals surface area contributed by atoms with Crippen LogP contribution in [0.1, 0.15) is 73.8 Å². The van der Waals surface area contributed by atoms with Gasteiger partial charge in [0.25, 0.3) is 10.3 Å². The van der Waals surface area contributed by atoms with E-state index < -0.39 is 77.0 Å². The Hall–Kier alpha value is -8.95. The summed E-state index contributed by atoms with van der Waals surface area (Å²) in [6.45, 7) is 6.96. The lowest BCUT2D eigenvalue weighted by molar-refractivity contribution is -0.294. The van der Waals surface area contributed by atoms with Crippen LogP contribution < -0.4 is 11.5 Å². The van der Waals surface area contributed by atoms with Crippen LogP contribution >= 0.6 is 0 Å². The fraction of sp³-hybridized carbons (Fsp3) is 0.319. The standard InChI is InChI=1S/C34H34N6O6S.C33H35N5O7S.C2H6/c1-33(45-21-26-16-10-5-11-17-26)29(44-20-25-14-8-4-9-15-25)27(22-43-19-24-12-6-3-7-13-24)46-34(33,23-35)28-18-37-31-30(36)38-32(39-40(28)31)47(2,41)42;1-32(44-21-25-16-10-5-11-17-25)28(43-20-24-14-8-4-9-15-24)26(22-42-19-23-12-6-3-7-13-23)45-33(32,39)27-18-35-30-29(34)36-31(37-38(27)30)46(2,40)41;1-2/h3-18,27,29H,19-22H2,1-2H3,(H2,36,38,39);3-18,26,28,39H,19-22H2,1-2H3,(H2,34,36,37);1-2H3/t27-,29-,33-,34?;26-,28-,32-,33?;/m11./s1/i;;1D. The molecule has 6 heterocycles. The molecule has 5 N–H and O–H groups in total. The average molecular weight is 1330 g/mol. The number of rotatable bonds is 24. The van der Waals surface area contributed by atoms with Crippen LogP contribution in [-0.2, 0) is 109 Å². The second kappa shape index (κ2) is 29.8. The Balaban J connectivity index is 0.000000201. The highest BCUT2D eigenvalue weighted by molar-refractivity contribution is 7.90. The summed E-state index contributed by atoms with van der Waals surface area (Å²) in [6, 6.07) is 59.9. The van der Waals surface area contributed by atoms with E-state index in [1.807, 2.05) is 182 Å². The lowest BCUT2D eigenvalue weighted by Crippen LogP contribution is -2.55. The Morgan fingerprint density at radius 1 is 0.537 bits per heavy atom. The van der Waals surface area contributed by atoms with Crippen molar-refractivity contribution in [3.63, 3.8) is 0 Å². The SMILES string of the molecule is C[C@@]1(OCc2ccccc2)[C@H](OCc2ccccc2)[C@@H](COCc2ccccc2)OC1(C#N)c1cnc2c(N)nc(S(C)(=O)=O)nn12.C[C@@]1(OCc2ccccc2)[C@H](OCc2ccccc2)[C@@H](COCc2ccccc2)OC1(O)c1cnc2c(N)nc(S(C)(=O)=O)nn12.[2H]CC. The molecule has 2 unspecified atom stereocenters. The molecule has 0 radical (unpaired) electrons. The number of anilines is 2. The molecule has 4 aromatic heterocycles. The van der Waals surface area contributed by atoms with Crippen LogP contribution in [0.5, 0.6) is 0 Å². The predicted octanol–water partition coefficient (Wildman–Crippen LogP) is 8.46. The number of hydrogen-bond donors (Lipinski definition) is 3. The first-order chi connectivity index (χ1) is 46.1. The molecule has 2 aliphatic rings. The molecule has 6 aromatic carbocycles. The van der Waals surface area contributed by atoms with Crippen LogP contribution in [0, 0.1) is 11.3 Å². The molecule has 95 heavy (non-hydrogen) atoms. The molecular weight excluding hydrogens is 1250 g/mol. The second-order valence-electron chi connectivity index (χ2n) is 22.8. The maximum Gasteiger partial charge on any atom is 0.267 e. The molecule has 0 bridgehead atoms. The van der Waals surface area contributed by atoms with E-state index in [1.165, 1.54) is 16.9 Å². The van der Waals surface area contributed by atoms with Gasteiger partial charge in [0.15, 0.2) is 28.5 Å². The third-order valence-electron chi connectivity index (χ3n) is 16.1. The van der Waals surface area contributed by atoms with Crippen molar-refractivity contribution in [2.45, 2.75) is 125 Å². The van der Waals surface area contributed by atoms with Crippen LogP contribution in [0.4, 0.5) is 11.6 Å². The summed E-state index contributed by atoms with van der Waals surface area (Å²) >= 11 is 0. The van der Waals surface area contributed by atoms with Crippen molar-refractivity contribution in [1.82, 2.24) is 39.2 Å². The van der Waals surface area contributed by atoms with E-state index in [2.05, 4.69) is 36.2 Å². The van der Waals surface area contributed by atoms with Gasteiger partial charge in [0.1, 0.15) is 47.5 Å². The number of nitriles is 1. The van der Waals surface area contributed by atoms with E-state index in [1.54, 1.807) is 20.8 Å². The normalized spacial score (nSPS) is 22.7. The summed E-state index contributed by atoms with van der Waals surface area (Å²) in [5.41, 5.74) is 12.8. The zero-order chi connectivity index (χ0) is 68.1. The van der Waals surface area contributed by atoms with Crippen molar-refractivity contribution in [2.24, 2.45) is 0 Å². The van der Waals surface area contributed by atoms with Crippen LogP contribution in [0.3, 0.4) is 0 Å². The van der Waals surface area contributed by atoms with Gasteiger partial charge in [-0.3, -0.25) is 0 Å². The molecule has 2 saturated heterocycles. The quantitative estimate of drug-likeness (QED) is 0.0510. The summed E-state index contributed by atoms with van der Waals surface area (Å²) in [5.74, 6) is -2.64. The smallest absolute Gasteiger partial charge is 0.267 e. The molecule has 2 aliphatic heterocycles. The number of ether oxygens (including phenoxy) is 8. The van der Waals surface area contributed by atoms with E-state index in [-0.39, 0.29) is 74.0 Å². The molecular formula is C69H75N11O13S2.